The van der Waals surface area contributed by atoms with Gasteiger partial charge in [-0.1, -0.05) is 40.0 Å². The number of rotatable bonds is 7. The average Bonchev–Trinajstić information content (AvgIpc) is 3.40. The van der Waals surface area contributed by atoms with E-state index in [9.17, 15) is 0 Å². The number of hydrogen-bond acceptors (Lipinski definition) is 0. The first-order valence-electron chi connectivity index (χ1n) is 15.4. The fourth-order valence-corrected chi connectivity index (χ4v) is 13.6. The average molecular weight is 520 g/mol. The third-order valence-corrected chi connectivity index (χ3v) is 15.2. The quantitative estimate of drug-likeness (QED) is 0.294. The van der Waals surface area contributed by atoms with Gasteiger partial charge in [0.05, 0.1) is 0 Å². The molecule has 0 spiro atoms. The third-order valence-electron chi connectivity index (χ3n) is 12.7. The maximum absolute atomic E-state index is 2.80. The van der Waals surface area contributed by atoms with Crippen molar-refractivity contribution < 1.29 is 0 Å². The molecule has 0 nitrogen and oxygen atoms in total. The van der Waals surface area contributed by atoms with E-state index in [0.29, 0.717) is 10.8 Å². The van der Waals surface area contributed by atoms with Crippen LogP contribution < -0.4 is 0 Å². The summed E-state index contributed by atoms with van der Waals surface area (Å²) in [6.07, 6.45) is 21.8. The fourth-order valence-electron chi connectivity index (χ4n) is 10.8. The molecule has 0 aromatic heterocycles. The predicted octanol–water partition coefficient (Wildman–Crippen LogP) is 9.67. The minimum absolute atomic E-state index is 0.670. The van der Waals surface area contributed by atoms with E-state index in [2.05, 4.69) is 34.6 Å². The van der Waals surface area contributed by atoms with Crippen LogP contribution in [0.1, 0.15) is 125 Å². The van der Waals surface area contributed by atoms with Crippen molar-refractivity contribution in [1.29, 1.82) is 0 Å². The molecule has 0 radical (unpaired) electrons. The van der Waals surface area contributed by atoms with E-state index in [4.69, 9.17) is 0 Å². The summed E-state index contributed by atoms with van der Waals surface area (Å²) in [5.41, 5.74) is 1.37. The van der Waals surface area contributed by atoms with Crippen LogP contribution in [0.4, 0.5) is 0 Å². The van der Waals surface area contributed by atoms with E-state index in [1.807, 2.05) is 0 Å². The van der Waals surface area contributed by atoms with Gasteiger partial charge in [0, 0.05) is 0 Å². The Hall–Kier alpha value is 0.519. The molecule has 0 N–H and O–H groups in total. The molecule has 0 aromatic carbocycles. The minimum atomic E-state index is 0.670. The Morgan fingerprint density at radius 1 is 0.788 bits per heavy atom. The first-order chi connectivity index (χ1) is 15.8. The van der Waals surface area contributed by atoms with Crippen LogP contribution >= 0.6 is 0 Å². The Balaban J connectivity index is 1.22. The standard InChI is InChI=1S/C32H56Se/c1-22(2)7-6-8-23(3)28-11-12-29-27-10-9-26-20-24(19-25-15-18-33-21-25)13-16-31(26,4)30(27)14-17-32(28,29)5/h22-30H,6-21H2,1-5H3/t23-,24-,25?,26+,27+,28-,29+,30+,31+,32-/m1/s1. The summed E-state index contributed by atoms with van der Waals surface area (Å²) in [6.45, 7) is 13.0. The van der Waals surface area contributed by atoms with E-state index >= 15 is 0 Å². The summed E-state index contributed by atoms with van der Waals surface area (Å²) >= 11 is 1.01. The van der Waals surface area contributed by atoms with Gasteiger partial charge in [0.2, 0.25) is 0 Å². The molecule has 190 valence electrons. The summed E-state index contributed by atoms with van der Waals surface area (Å²) in [7, 11) is 0. The van der Waals surface area contributed by atoms with Crippen LogP contribution in [0, 0.1) is 64.1 Å². The number of fused-ring (bicyclic) bond motifs is 5. The first-order valence-corrected chi connectivity index (χ1v) is 17.8. The Kier molecular flexibility index (Phi) is 7.72. The van der Waals surface area contributed by atoms with Crippen molar-refractivity contribution in [2.24, 2.45) is 64.1 Å². The van der Waals surface area contributed by atoms with E-state index in [-0.39, 0.29) is 0 Å². The number of hydrogen-bond donors (Lipinski definition) is 0. The molecule has 1 heterocycles. The monoisotopic (exact) mass is 520 g/mol. The van der Waals surface area contributed by atoms with Crippen LogP contribution in [0.2, 0.25) is 10.6 Å². The van der Waals surface area contributed by atoms with E-state index in [1.165, 1.54) is 19.3 Å². The predicted molar refractivity (Wildman–Crippen MR) is 145 cm³/mol. The molecular formula is C32H56Se. The molecule has 1 unspecified atom stereocenters. The van der Waals surface area contributed by atoms with Gasteiger partial charge in [-0.2, -0.15) is 0 Å². The van der Waals surface area contributed by atoms with Crippen LogP contribution in [0.25, 0.3) is 0 Å². The van der Waals surface area contributed by atoms with Crippen molar-refractivity contribution in [3.63, 3.8) is 0 Å². The zero-order chi connectivity index (χ0) is 23.2. The zero-order valence-electron chi connectivity index (χ0n) is 22.9. The molecule has 5 rings (SSSR count). The fraction of sp³-hybridized carbons (Fsp3) is 1.00. The first kappa shape index (κ1) is 25.2. The Labute approximate surface area is 213 Å². The normalized spacial score (nSPS) is 48.4. The van der Waals surface area contributed by atoms with Gasteiger partial charge in [0.1, 0.15) is 0 Å². The Morgan fingerprint density at radius 2 is 1.58 bits per heavy atom. The van der Waals surface area contributed by atoms with Gasteiger partial charge >= 0.3 is 162 Å². The van der Waals surface area contributed by atoms with Gasteiger partial charge in [-0.05, 0) is 11.8 Å². The molecule has 5 fully saturated rings. The molecule has 4 aliphatic carbocycles. The zero-order valence-corrected chi connectivity index (χ0v) is 24.6. The van der Waals surface area contributed by atoms with Gasteiger partial charge in [0.15, 0.2) is 0 Å². The molecular weight excluding hydrogens is 463 g/mol. The van der Waals surface area contributed by atoms with Crippen LogP contribution in [-0.4, -0.2) is 15.0 Å². The second kappa shape index (κ2) is 10.1. The molecule has 33 heavy (non-hydrogen) atoms. The topological polar surface area (TPSA) is 0 Å². The SMILES string of the molecule is CC(C)CCC[C@@H](C)[C@H]1CC[C@H]2[C@@H]3CC[C@H]4C[C@@H](CC5CC[Se]C5)CC[C@]4(C)[C@H]3CC[C@]12C. The van der Waals surface area contributed by atoms with Crippen molar-refractivity contribution >= 4 is 15.0 Å². The Morgan fingerprint density at radius 3 is 2.33 bits per heavy atom. The van der Waals surface area contributed by atoms with E-state index in [0.717, 1.165) is 68.2 Å². The molecule has 1 heteroatoms. The van der Waals surface area contributed by atoms with Crippen molar-refractivity contribution in [3.8, 4) is 0 Å². The molecule has 4 saturated carbocycles. The molecule has 0 bridgehead atoms. The molecule has 1 saturated heterocycles. The second-order valence-corrected chi connectivity index (χ2v) is 17.2. The Bertz CT molecular complexity index is 649. The molecule has 5 aliphatic rings. The van der Waals surface area contributed by atoms with Crippen LogP contribution in [0.3, 0.4) is 0 Å². The van der Waals surface area contributed by atoms with Crippen molar-refractivity contribution in [3.05, 3.63) is 0 Å². The summed E-state index contributed by atoms with van der Waals surface area (Å²) in [5, 5.41) is 3.21. The maximum atomic E-state index is 2.80. The van der Waals surface area contributed by atoms with E-state index in [1.54, 1.807) is 81.3 Å². The second-order valence-electron chi connectivity index (χ2n) is 14.8. The van der Waals surface area contributed by atoms with Gasteiger partial charge in [0.25, 0.3) is 0 Å². The van der Waals surface area contributed by atoms with Gasteiger partial charge in [-0.3, -0.25) is 0 Å². The van der Waals surface area contributed by atoms with E-state index < -0.39 is 0 Å². The van der Waals surface area contributed by atoms with Gasteiger partial charge in [-0.15, -0.1) is 0 Å². The van der Waals surface area contributed by atoms with Crippen LogP contribution in [-0.2, 0) is 0 Å². The van der Waals surface area contributed by atoms with Crippen molar-refractivity contribution in [2.75, 3.05) is 0 Å². The third kappa shape index (κ3) is 4.79. The molecule has 1 aliphatic heterocycles. The summed E-state index contributed by atoms with van der Waals surface area (Å²) in [4.78, 5) is 0. The molecule has 10 atom stereocenters. The summed E-state index contributed by atoms with van der Waals surface area (Å²) < 4.78 is 0. The van der Waals surface area contributed by atoms with Crippen molar-refractivity contribution in [1.82, 2.24) is 0 Å². The van der Waals surface area contributed by atoms with Crippen LogP contribution in [0.15, 0.2) is 0 Å². The molecule has 0 aromatic rings. The summed E-state index contributed by atoms with van der Waals surface area (Å²) in [5.74, 6) is 9.35. The summed E-state index contributed by atoms with van der Waals surface area (Å²) in [6, 6.07) is 0. The van der Waals surface area contributed by atoms with Gasteiger partial charge in [-0.25, -0.2) is 0 Å². The van der Waals surface area contributed by atoms with Crippen molar-refractivity contribution in [2.45, 2.75) is 135 Å². The van der Waals surface area contributed by atoms with Crippen LogP contribution in [0.5, 0.6) is 0 Å². The van der Waals surface area contributed by atoms with Gasteiger partial charge < -0.3 is 0 Å². The molecule has 0 amide bonds.